The van der Waals surface area contributed by atoms with E-state index >= 15 is 0 Å². The van der Waals surface area contributed by atoms with Gasteiger partial charge in [-0.2, -0.15) is 0 Å². The summed E-state index contributed by atoms with van der Waals surface area (Å²) in [6, 6.07) is 12.2. The van der Waals surface area contributed by atoms with Crippen LogP contribution >= 0.6 is 0 Å². The van der Waals surface area contributed by atoms with Gasteiger partial charge in [-0.25, -0.2) is 4.79 Å². The van der Waals surface area contributed by atoms with E-state index in [1.165, 1.54) is 29.2 Å². The van der Waals surface area contributed by atoms with Crippen molar-refractivity contribution >= 4 is 34.3 Å². The van der Waals surface area contributed by atoms with Crippen LogP contribution in [0.25, 0.3) is 0 Å². The van der Waals surface area contributed by atoms with Crippen molar-refractivity contribution in [3.8, 4) is 5.75 Å². The van der Waals surface area contributed by atoms with Gasteiger partial charge in [0.1, 0.15) is 29.8 Å². The Bertz CT molecular complexity index is 1110. The lowest BCUT2D eigenvalue weighted by Crippen LogP contribution is -2.71. The Morgan fingerprint density at radius 3 is 2.52 bits per heavy atom. The average Bonchev–Trinajstić information content (AvgIpc) is 3.13. The predicted molar refractivity (Wildman–Crippen MR) is 114 cm³/mol. The van der Waals surface area contributed by atoms with Gasteiger partial charge in [-0.1, -0.05) is 18.2 Å². The van der Waals surface area contributed by atoms with E-state index in [4.69, 9.17) is 9.47 Å². The highest BCUT2D eigenvalue weighted by atomic mass is 32.2. The Balaban J connectivity index is 1.30. The van der Waals surface area contributed by atoms with Crippen molar-refractivity contribution in [2.75, 3.05) is 12.4 Å². The molecule has 12 heteroatoms. The number of carbonyl (C=O) groups is 3. The molecule has 2 aliphatic rings. The van der Waals surface area contributed by atoms with Crippen LogP contribution < -0.4 is 10.1 Å². The Kier molecular flexibility index (Phi) is 6.36. The third-order valence-corrected chi connectivity index (χ3v) is 6.92. The number of nitro benzene ring substituents is 1. The lowest BCUT2D eigenvalue weighted by molar-refractivity contribution is -0.384. The summed E-state index contributed by atoms with van der Waals surface area (Å²) in [6.45, 7) is -0.461. The van der Waals surface area contributed by atoms with Crippen LogP contribution in [0.4, 0.5) is 5.69 Å². The van der Waals surface area contributed by atoms with Crippen LogP contribution in [-0.2, 0) is 36.5 Å². The zero-order valence-corrected chi connectivity index (χ0v) is 17.9. The molecule has 4 rings (SSSR count). The molecule has 3 unspecified atom stereocenters. The number of ether oxygens (including phenoxy) is 2. The minimum atomic E-state index is -1.55. The molecular weight excluding hydrogens is 454 g/mol. The van der Waals surface area contributed by atoms with E-state index in [-0.39, 0.29) is 24.7 Å². The number of benzene rings is 2. The number of fused-ring (bicyclic) bond motifs is 1. The quantitative estimate of drug-likeness (QED) is 0.253. The number of rotatable bonds is 8. The maximum Gasteiger partial charge on any atom is 0.330 e. The first-order valence-electron chi connectivity index (χ1n) is 9.91. The lowest BCUT2D eigenvalue weighted by atomic mass is 10.0. The van der Waals surface area contributed by atoms with Crippen molar-refractivity contribution in [2.24, 2.45) is 0 Å². The van der Waals surface area contributed by atoms with Crippen LogP contribution in [0.1, 0.15) is 5.56 Å². The topological polar surface area (TPSA) is 145 Å². The minimum absolute atomic E-state index is 0.0902. The fourth-order valence-corrected chi connectivity index (χ4v) is 5.39. The van der Waals surface area contributed by atoms with Crippen LogP contribution in [0.5, 0.6) is 5.75 Å². The van der Waals surface area contributed by atoms with Crippen molar-refractivity contribution in [2.45, 2.75) is 24.1 Å². The van der Waals surface area contributed by atoms with Crippen molar-refractivity contribution in [1.82, 2.24) is 10.2 Å². The lowest BCUT2D eigenvalue weighted by Gasteiger charge is -2.43. The molecule has 2 aliphatic heterocycles. The number of amides is 2. The monoisotopic (exact) mass is 473 g/mol. The number of nitrogens with zero attached hydrogens (tertiary/aromatic N) is 2. The summed E-state index contributed by atoms with van der Waals surface area (Å²) in [7, 11) is -1.55. The molecule has 2 fully saturated rings. The second-order valence-electron chi connectivity index (χ2n) is 7.38. The minimum Gasteiger partial charge on any atom is -0.484 e. The molecule has 0 aromatic heterocycles. The van der Waals surface area contributed by atoms with Crippen molar-refractivity contribution in [3.63, 3.8) is 0 Å². The Morgan fingerprint density at radius 1 is 1.15 bits per heavy atom. The number of hydrogen-bond acceptors (Lipinski definition) is 8. The zero-order valence-electron chi connectivity index (χ0n) is 17.1. The highest BCUT2D eigenvalue weighted by Gasteiger charge is 2.61. The molecule has 2 amide bonds. The molecule has 2 aromatic carbocycles. The van der Waals surface area contributed by atoms with Crippen LogP contribution in [0, 0.1) is 10.1 Å². The van der Waals surface area contributed by atoms with Crippen molar-refractivity contribution in [3.05, 3.63) is 70.3 Å². The summed E-state index contributed by atoms with van der Waals surface area (Å²) in [5, 5.41) is 12.4. The largest absolute Gasteiger partial charge is 0.484 e. The number of para-hydroxylation sites is 1. The van der Waals surface area contributed by atoms with Gasteiger partial charge in [0.2, 0.25) is 5.91 Å². The summed E-state index contributed by atoms with van der Waals surface area (Å²) < 4.78 is 23.1. The fraction of sp³-hybridized carbons (Fsp3) is 0.286. The number of esters is 1. The van der Waals surface area contributed by atoms with Gasteiger partial charge in [0.15, 0.2) is 6.61 Å². The first-order valence-corrected chi connectivity index (χ1v) is 11.3. The number of nitrogens with one attached hydrogen (secondary N) is 1. The highest BCUT2D eigenvalue weighted by molar-refractivity contribution is 7.86. The summed E-state index contributed by atoms with van der Waals surface area (Å²) in [5.41, 5.74) is 0.440. The molecule has 2 saturated heterocycles. The molecule has 2 aromatic rings. The fourth-order valence-electron chi connectivity index (χ4n) is 3.59. The number of hydrogen-bond donors (Lipinski definition) is 1. The van der Waals surface area contributed by atoms with Crippen LogP contribution in [0.2, 0.25) is 0 Å². The van der Waals surface area contributed by atoms with Gasteiger partial charge < -0.3 is 19.7 Å². The Labute approximate surface area is 190 Å². The summed E-state index contributed by atoms with van der Waals surface area (Å²) in [4.78, 5) is 48.6. The number of nitro groups is 1. The van der Waals surface area contributed by atoms with Crippen LogP contribution in [-0.4, -0.2) is 61.6 Å². The van der Waals surface area contributed by atoms with Crippen molar-refractivity contribution in [1.29, 1.82) is 0 Å². The molecule has 0 saturated carbocycles. The first kappa shape index (κ1) is 22.4. The number of carbonyl (C=O) groups excluding carboxylic acids is 3. The molecule has 0 bridgehead atoms. The van der Waals surface area contributed by atoms with Gasteiger partial charge in [0.25, 0.3) is 11.6 Å². The molecule has 1 N–H and O–H groups in total. The second kappa shape index (κ2) is 9.36. The maximum absolute atomic E-state index is 12.6. The molecule has 33 heavy (non-hydrogen) atoms. The molecule has 0 radical (unpaired) electrons. The van der Waals surface area contributed by atoms with Gasteiger partial charge in [-0.3, -0.25) is 23.9 Å². The third kappa shape index (κ3) is 4.70. The maximum atomic E-state index is 12.6. The zero-order chi connectivity index (χ0) is 23.5. The standard InChI is InChI=1S/C21H19N3O8S/c25-17(11-31-15-4-2-1-3-5-15)22-18-19(26)23-16(12-33(30)20(18)23)21(27)32-10-13-6-8-14(9-7-13)24(28)29/h1-9,16,18,20H,10-12H2,(H,22,25)/t16?,18?,20-,33?/m0/s1. The van der Waals surface area contributed by atoms with E-state index in [2.05, 4.69) is 5.32 Å². The molecule has 2 heterocycles. The molecule has 0 aliphatic carbocycles. The summed E-state index contributed by atoms with van der Waals surface area (Å²) in [6.07, 6.45) is 0. The average molecular weight is 473 g/mol. The van der Waals surface area contributed by atoms with E-state index in [0.717, 1.165) is 0 Å². The van der Waals surface area contributed by atoms with Gasteiger partial charge in [0.05, 0.1) is 10.7 Å². The predicted octanol–water partition coefficient (Wildman–Crippen LogP) is 0.501. The normalized spacial score (nSPS) is 23.3. The number of β-lactam (4-membered cyclic amide) rings is 1. The van der Waals surface area contributed by atoms with E-state index in [0.29, 0.717) is 11.3 Å². The molecule has 172 valence electrons. The summed E-state index contributed by atoms with van der Waals surface area (Å²) in [5.74, 6) is -1.39. The van der Waals surface area contributed by atoms with E-state index < -0.39 is 51.0 Å². The molecule has 0 spiro atoms. The van der Waals surface area contributed by atoms with Crippen LogP contribution in [0.15, 0.2) is 54.6 Å². The molecule has 4 atom stereocenters. The van der Waals surface area contributed by atoms with Gasteiger partial charge in [-0.05, 0) is 29.8 Å². The van der Waals surface area contributed by atoms with Crippen molar-refractivity contribution < 1.29 is 33.0 Å². The molecular formula is C21H19N3O8S. The summed E-state index contributed by atoms with van der Waals surface area (Å²) >= 11 is 0. The van der Waals surface area contributed by atoms with E-state index in [1.54, 1.807) is 30.3 Å². The SMILES string of the molecule is O=C(COc1ccccc1)NC1C(=O)N2C(C(=O)OCc3ccc([N+](=O)[O-])cc3)CS(=O)[C@@H]12. The van der Waals surface area contributed by atoms with Gasteiger partial charge >= 0.3 is 5.97 Å². The molecule has 11 nitrogen and oxygen atoms in total. The van der Waals surface area contributed by atoms with E-state index in [1.807, 2.05) is 0 Å². The van der Waals surface area contributed by atoms with Crippen LogP contribution in [0.3, 0.4) is 0 Å². The number of non-ortho nitro benzene ring substituents is 1. The second-order valence-corrected chi connectivity index (χ2v) is 8.96. The van der Waals surface area contributed by atoms with Gasteiger partial charge in [0, 0.05) is 22.9 Å². The van der Waals surface area contributed by atoms with E-state index in [9.17, 15) is 28.7 Å². The third-order valence-electron chi connectivity index (χ3n) is 5.24. The highest BCUT2D eigenvalue weighted by Crippen LogP contribution is 2.33. The Hall–Kier alpha value is -3.80. The first-order chi connectivity index (χ1) is 15.8. The van der Waals surface area contributed by atoms with Gasteiger partial charge in [-0.15, -0.1) is 0 Å². The Morgan fingerprint density at radius 2 is 1.85 bits per heavy atom. The smallest absolute Gasteiger partial charge is 0.330 e.